The van der Waals surface area contributed by atoms with Crippen molar-refractivity contribution in [1.82, 2.24) is 0 Å². The molecule has 0 aromatic heterocycles. The van der Waals surface area contributed by atoms with E-state index in [0.717, 1.165) is 5.56 Å². The van der Waals surface area contributed by atoms with Crippen molar-refractivity contribution in [1.29, 1.82) is 5.26 Å². The number of para-hydroxylation sites is 3. The minimum absolute atomic E-state index is 0.0795. The Kier molecular flexibility index (Phi) is 8.27. The first kappa shape index (κ1) is 24.4. The van der Waals surface area contributed by atoms with Crippen molar-refractivity contribution in [2.75, 3.05) is 24.4 Å². The predicted octanol–water partition coefficient (Wildman–Crippen LogP) is 5.22. The van der Waals surface area contributed by atoms with E-state index >= 15 is 0 Å². The van der Waals surface area contributed by atoms with Crippen LogP contribution in [0.1, 0.15) is 11.1 Å². The van der Waals surface area contributed by atoms with Crippen LogP contribution in [0.3, 0.4) is 0 Å². The molecule has 8 heteroatoms. The van der Waals surface area contributed by atoms with E-state index in [-0.39, 0.29) is 28.9 Å². The largest absolute Gasteiger partial charge is 0.495 e. The number of rotatable bonds is 8. The summed E-state index contributed by atoms with van der Waals surface area (Å²) >= 11 is 6.29. The molecule has 0 radical (unpaired) electrons. The molecule has 0 bridgehead atoms. The van der Waals surface area contributed by atoms with Gasteiger partial charge in [-0.3, -0.25) is 9.59 Å². The zero-order chi connectivity index (χ0) is 24.5. The number of carbonyl (C=O) groups is 2. The lowest BCUT2D eigenvalue weighted by Gasteiger charge is -2.11. The van der Waals surface area contributed by atoms with Gasteiger partial charge in [-0.05, 0) is 54.5 Å². The second-order valence-corrected chi connectivity index (χ2v) is 7.57. The standard InChI is InChI=1S/C26H22ClN3O4/c1-17-7-3-4-8-21(17)30-26(32)19(15-28)13-18-11-12-23(20(27)14-18)34-16-25(31)29-22-9-5-6-10-24(22)33-2/h3-14H,16H2,1-2H3,(H,29,31)(H,30,32)/b19-13-. The molecule has 3 aromatic carbocycles. The fraction of sp³-hybridized carbons (Fsp3) is 0.115. The maximum absolute atomic E-state index is 12.5. The summed E-state index contributed by atoms with van der Waals surface area (Å²) in [6.07, 6.45) is 1.43. The minimum atomic E-state index is -0.527. The average molecular weight is 476 g/mol. The molecule has 0 spiro atoms. The average Bonchev–Trinajstić information content (AvgIpc) is 2.83. The Bertz CT molecular complexity index is 1280. The Morgan fingerprint density at radius 1 is 1.00 bits per heavy atom. The van der Waals surface area contributed by atoms with Crippen LogP contribution >= 0.6 is 11.6 Å². The molecule has 2 amide bonds. The number of hydrogen-bond acceptors (Lipinski definition) is 5. The number of anilines is 2. The fourth-order valence-corrected chi connectivity index (χ4v) is 3.26. The number of amides is 2. The van der Waals surface area contributed by atoms with Gasteiger partial charge in [0.2, 0.25) is 0 Å². The molecule has 0 heterocycles. The van der Waals surface area contributed by atoms with E-state index in [9.17, 15) is 14.9 Å². The second-order valence-electron chi connectivity index (χ2n) is 7.17. The normalized spacial score (nSPS) is 10.7. The van der Waals surface area contributed by atoms with E-state index in [2.05, 4.69) is 10.6 Å². The van der Waals surface area contributed by atoms with Gasteiger partial charge >= 0.3 is 0 Å². The number of ether oxygens (including phenoxy) is 2. The minimum Gasteiger partial charge on any atom is -0.495 e. The van der Waals surface area contributed by atoms with Gasteiger partial charge < -0.3 is 20.1 Å². The van der Waals surface area contributed by atoms with Gasteiger partial charge in [-0.1, -0.05) is 48.0 Å². The highest BCUT2D eigenvalue weighted by Gasteiger charge is 2.13. The van der Waals surface area contributed by atoms with Crippen molar-refractivity contribution in [2.45, 2.75) is 6.92 Å². The third kappa shape index (κ3) is 6.37. The number of nitriles is 1. The molecule has 0 atom stereocenters. The highest BCUT2D eigenvalue weighted by molar-refractivity contribution is 6.32. The number of aryl methyl sites for hydroxylation is 1. The van der Waals surface area contributed by atoms with Crippen LogP contribution in [-0.2, 0) is 9.59 Å². The van der Waals surface area contributed by atoms with Crippen molar-refractivity contribution in [2.24, 2.45) is 0 Å². The summed E-state index contributed by atoms with van der Waals surface area (Å²) in [5.41, 5.74) is 2.49. The molecule has 0 fully saturated rings. The van der Waals surface area contributed by atoms with Gasteiger partial charge in [-0.15, -0.1) is 0 Å². The van der Waals surface area contributed by atoms with E-state index in [1.54, 1.807) is 54.6 Å². The van der Waals surface area contributed by atoms with E-state index in [1.807, 2.05) is 25.1 Å². The maximum atomic E-state index is 12.5. The number of hydrogen-bond donors (Lipinski definition) is 2. The molecule has 3 aromatic rings. The van der Waals surface area contributed by atoms with Gasteiger partial charge in [-0.2, -0.15) is 5.26 Å². The van der Waals surface area contributed by atoms with Gasteiger partial charge in [0.05, 0.1) is 17.8 Å². The van der Waals surface area contributed by atoms with E-state index in [4.69, 9.17) is 21.1 Å². The van der Waals surface area contributed by atoms with Crippen molar-refractivity contribution < 1.29 is 19.1 Å². The summed E-state index contributed by atoms with van der Waals surface area (Å²) in [6, 6.07) is 21.0. The van der Waals surface area contributed by atoms with Crippen molar-refractivity contribution >= 4 is 40.9 Å². The zero-order valence-corrected chi connectivity index (χ0v) is 19.3. The van der Waals surface area contributed by atoms with E-state index < -0.39 is 5.91 Å². The SMILES string of the molecule is COc1ccccc1NC(=O)COc1ccc(/C=C(/C#N)C(=O)Nc2ccccc2C)cc1Cl. The maximum Gasteiger partial charge on any atom is 0.266 e. The third-order valence-electron chi connectivity index (χ3n) is 4.77. The molecule has 34 heavy (non-hydrogen) atoms. The van der Waals surface area contributed by atoms with Gasteiger partial charge in [0.1, 0.15) is 23.1 Å². The summed E-state index contributed by atoms with van der Waals surface area (Å²) in [5.74, 6) is -0.0907. The van der Waals surface area contributed by atoms with Gasteiger partial charge in [0, 0.05) is 5.69 Å². The van der Waals surface area contributed by atoms with Crippen LogP contribution in [0.25, 0.3) is 6.08 Å². The van der Waals surface area contributed by atoms with Crippen LogP contribution in [-0.4, -0.2) is 25.5 Å². The molecule has 172 valence electrons. The molecule has 0 saturated carbocycles. The molecule has 0 saturated heterocycles. The summed E-state index contributed by atoms with van der Waals surface area (Å²) < 4.78 is 10.7. The molecule has 0 aliphatic rings. The monoisotopic (exact) mass is 475 g/mol. The van der Waals surface area contributed by atoms with Crippen molar-refractivity contribution in [3.63, 3.8) is 0 Å². The molecule has 0 unspecified atom stereocenters. The topological polar surface area (TPSA) is 100 Å². The lowest BCUT2D eigenvalue weighted by molar-refractivity contribution is -0.118. The quantitative estimate of drug-likeness (QED) is 0.343. The molecule has 2 N–H and O–H groups in total. The molecule has 7 nitrogen and oxygen atoms in total. The van der Waals surface area contributed by atoms with Crippen LogP contribution < -0.4 is 20.1 Å². The van der Waals surface area contributed by atoms with Crippen molar-refractivity contribution in [3.8, 4) is 17.6 Å². The van der Waals surface area contributed by atoms with Gasteiger partial charge in [0.15, 0.2) is 6.61 Å². The zero-order valence-electron chi connectivity index (χ0n) is 18.6. The lowest BCUT2D eigenvalue weighted by atomic mass is 10.1. The van der Waals surface area contributed by atoms with Crippen LogP contribution in [0.4, 0.5) is 11.4 Å². The number of methoxy groups -OCH3 is 1. The predicted molar refractivity (Wildman–Crippen MR) is 132 cm³/mol. The van der Waals surface area contributed by atoms with E-state index in [0.29, 0.717) is 22.7 Å². The summed E-state index contributed by atoms with van der Waals surface area (Å²) in [5, 5.41) is 15.1. The highest BCUT2D eigenvalue weighted by atomic mass is 35.5. The fourth-order valence-electron chi connectivity index (χ4n) is 3.02. The van der Waals surface area contributed by atoms with Gasteiger partial charge in [0.25, 0.3) is 11.8 Å². The Labute approximate surface area is 202 Å². The van der Waals surface area contributed by atoms with E-state index in [1.165, 1.54) is 13.2 Å². The Hall–Kier alpha value is -4.28. The molecular weight excluding hydrogens is 454 g/mol. The van der Waals surface area contributed by atoms with Crippen LogP contribution in [0.2, 0.25) is 5.02 Å². The van der Waals surface area contributed by atoms with Crippen molar-refractivity contribution in [3.05, 3.63) is 88.5 Å². The Morgan fingerprint density at radius 3 is 2.38 bits per heavy atom. The molecule has 3 rings (SSSR count). The highest BCUT2D eigenvalue weighted by Crippen LogP contribution is 2.27. The molecule has 0 aliphatic heterocycles. The summed E-state index contributed by atoms with van der Waals surface area (Å²) in [6.45, 7) is 1.59. The lowest BCUT2D eigenvalue weighted by Crippen LogP contribution is -2.20. The summed E-state index contributed by atoms with van der Waals surface area (Å²) in [7, 11) is 1.52. The van der Waals surface area contributed by atoms with Gasteiger partial charge in [-0.25, -0.2) is 0 Å². The number of halogens is 1. The van der Waals surface area contributed by atoms with Crippen LogP contribution in [0.5, 0.6) is 11.5 Å². The number of carbonyl (C=O) groups excluding carboxylic acids is 2. The Morgan fingerprint density at radius 2 is 1.71 bits per heavy atom. The smallest absolute Gasteiger partial charge is 0.266 e. The first-order chi connectivity index (χ1) is 16.4. The summed E-state index contributed by atoms with van der Waals surface area (Å²) in [4.78, 5) is 24.8. The van der Waals surface area contributed by atoms with Crippen LogP contribution in [0.15, 0.2) is 72.3 Å². The van der Waals surface area contributed by atoms with Crippen LogP contribution in [0, 0.1) is 18.3 Å². The Balaban J connectivity index is 1.65. The molecule has 0 aliphatic carbocycles. The number of nitrogens with one attached hydrogen (secondary N) is 2. The first-order valence-electron chi connectivity index (χ1n) is 10.2. The third-order valence-corrected chi connectivity index (χ3v) is 5.06. The number of nitrogens with zero attached hydrogens (tertiary/aromatic N) is 1. The second kappa shape index (κ2) is 11.5. The first-order valence-corrected chi connectivity index (χ1v) is 10.6. The number of benzene rings is 3. The molecular formula is C26H22ClN3O4.